The van der Waals surface area contributed by atoms with Gasteiger partial charge in [-0.05, 0) is 29.3 Å². The molecule has 1 heterocycles. The van der Waals surface area contributed by atoms with E-state index in [0.29, 0.717) is 19.5 Å². The number of aromatic hydroxyl groups is 1. The van der Waals surface area contributed by atoms with E-state index >= 15 is 0 Å². The number of ether oxygens (including phenoxy) is 1. The third kappa shape index (κ3) is 2.87. The molecule has 0 amide bonds. The first-order valence-electron chi connectivity index (χ1n) is 5.31. The molecule has 0 aliphatic carbocycles. The first kappa shape index (κ1) is 11.3. The Balaban J connectivity index is 2.07. The van der Waals surface area contributed by atoms with E-state index in [0.717, 1.165) is 16.8 Å². The van der Waals surface area contributed by atoms with Crippen LogP contribution < -0.4 is 0 Å². The van der Waals surface area contributed by atoms with Crippen molar-refractivity contribution >= 4 is 6.47 Å². The number of hydrogen-bond acceptors (Lipinski definition) is 3. The van der Waals surface area contributed by atoms with Crippen molar-refractivity contribution in [1.29, 1.82) is 0 Å². The molecule has 0 spiro atoms. The molecule has 0 saturated carbocycles. The summed E-state index contributed by atoms with van der Waals surface area (Å²) in [6, 6.07) is 9.00. The van der Waals surface area contributed by atoms with Crippen LogP contribution in [-0.4, -0.2) is 23.2 Å². The third-order valence-electron chi connectivity index (χ3n) is 2.50. The van der Waals surface area contributed by atoms with Crippen molar-refractivity contribution in [3.8, 4) is 16.9 Å². The zero-order valence-electron chi connectivity index (χ0n) is 9.22. The predicted molar refractivity (Wildman–Crippen MR) is 63.6 cm³/mol. The summed E-state index contributed by atoms with van der Waals surface area (Å²) < 4.78 is 4.63. The Labute approximate surface area is 98.9 Å². The minimum atomic E-state index is 0.254. The molecule has 0 unspecified atom stereocenters. The molecule has 1 aromatic carbocycles. The van der Waals surface area contributed by atoms with Crippen LogP contribution in [0.5, 0.6) is 5.75 Å². The number of hydrogen-bond donors (Lipinski definition) is 2. The molecule has 88 valence electrons. The maximum absolute atomic E-state index is 10.00. The molecular weight excluding hydrogens is 218 g/mol. The van der Waals surface area contributed by atoms with Crippen molar-refractivity contribution < 1.29 is 14.6 Å². The summed E-state index contributed by atoms with van der Waals surface area (Å²) in [5, 5.41) is 9.19. The van der Waals surface area contributed by atoms with Gasteiger partial charge in [0.15, 0.2) is 0 Å². The first-order valence-corrected chi connectivity index (χ1v) is 5.31. The van der Waals surface area contributed by atoms with Crippen molar-refractivity contribution in [2.45, 2.75) is 6.42 Å². The van der Waals surface area contributed by atoms with Gasteiger partial charge in [0.1, 0.15) is 5.75 Å². The van der Waals surface area contributed by atoms with Crippen LogP contribution in [0.3, 0.4) is 0 Å². The Hall–Kier alpha value is -2.23. The number of carbonyl (C=O) groups excluding carboxylic acids is 1. The van der Waals surface area contributed by atoms with Gasteiger partial charge in [-0.3, -0.25) is 4.79 Å². The van der Waals surface area contributed by atoms with E-state index < -0.39 is 0 Å². The number of nitrogens with one attached hydrogen (secondary N) is 1. The Morgan fingerprint density at radius 2 is 2.00 bits per heavy atom. The number of rotatable bonds is 5. The lowest BCUT2D eigenvalue weighted by Gasteiger charge is -1.97. The van der Waals surface area contributed by atoms with Gasteiger partial charge in [-0.25, -0.2) is 0 Å². The van der Waals surface area contributed by atoms with E-state index in [1.807, 2.05) is 24.4 Å². The fourth-order valence-corrected chi connectivity index (χ4v) is 1.62. The van der Waals surface area contributed by atoms with Gasteiger partial charge < -0.3 is 14.8 Å². The second-order valence-corrected chi connectivity index (χ2v) is 3.68. The monoisotopic (exact) mass is 231 g/mol. The van der Waals surface area contributed by atoms with Crippen molar-refractivity contribution in [2.24, 2.45) is 0 Å². The van der Waals surface area contributed by atoms with Crippen LogP contribution in [0.2, 0.25) is 0 Å². The van der Waals surface area contributed by atoms with Gasteiger partial charge in [0, 0.05) is 18.3 Å². The Bertz CT molecular complexity index is 488. The minimum Gasteiger partial charge on any atom is -0.508 e. The van der Waals surface area contributed by atoms with Crippen LogP contribution in [-0.2, 0) is 16.0 Å². The molecule has 0 fully saturated rings. The van der Waals surface area contributed by atoms with Gasteiger partial charge in [-0.15, -0.1) is 0 Å². The molecular formula is C13H13NO3. The van der Waals surface area contributed by atoms with Crippen LogP contribution >= 0.6 is 0 Å². The average Bonchev–Trinajstić information content (AvgIpc) is 2.79. The van der Waals surface area contributed by atoms with E-state index in [-0.39, 0.29) is 5.75 Å². The Kier molecular flexibility index (Phi) is 3.45. The molecule has 4 nitrogen and oxygen atoms in total. The molecule has 0 aliphatic rings. The average molecular weight is 231 g/mol. The van der Waals surface area contributed by atoms with E-state index in [2.05, 4.69) is 9.72 Å². The van der Waals surface area contributed by atoms with E-state index in [9.17, 15) is 9.90 Å². The Morgan fingerprint density at radius 3 is 2.71 bits per heavy atom. The minimum absolute atomic E-state index is 0.254. The zero-order valence-corrected chi connectivity index (χ0v) is 9.22. The summed E-state index contributed by atoms with van der Waals surface area (Å²) in [6.45, 7) is 0.822. The smallest absolute Gasteiger partial charge is 0.293 e. The molecule has 0 bridgehead atoms. The molecule has 2 N–H and O–H groups in total. The summed E-state index contributed by atoms with van der Waals surface area (Å²) >= 11 is 0. The van der Waals surface area contributed by atoms with Gasteiger partial charge >= 0.3 is 0 Å². The summed E-state index contributed by atoms with van der Waals surface area (Å²) in [5.41, 5.74) is 3.09. The number of aromatic nitrogens is 1. The molecule has 4 heteroatoms. The van der Waals surface area contributed by atoms with Gasteiger partial charge in [0.2, 0.25) is 0 Å². The molecule has 0 aliphatic heterocycles. The van der Waals surface area contributed by atoms with Crippen molar-refractivity contribution in [2.75, 3.05) is 6.61 Å². The normalized spacial score (nSPS) is 10.1. The summed E-state index contributed by atoms with van der Waals surface area (Å²) in [7, 11) is 0. The van der Waals surface area contributed by atoms with Crippen molar-refractivity contribution in [3.63, 3.8) is 0 Å². The second-order valence-electron chi connectivity index (χ2n) is 3.68. The predicted octanol–water partition coefficient (Wildman–Crippen LogP) is 2.10. The lowest BCUT2D eigenvalue weighted by atomic mass is 10.1. The SMILES string of the molecule is O=COCCc1cc(-c2ccc(O)cc2)c[nH]1. The summed E-state index contributed by atoms with van der Waals surface area (Å²) in [6.07, 6.45) is 2.56. The van der Waals surface area contributed by atoms with E-state index in [4.69, 9.17) is 0 Å². The zero-order chi connectivity index (χ0) is 12.1. The number of carbonyl (C=O) groups is 1. The van der Waals surface area contributed by atoms with Gasteiger partial charge in [0.05, 0.1) is 6.61 Å². The maximum Gasteiger partial charge on any atom is 0.293 e. The van der Waals surface area contributed by atoms with Gasteiger partial charge in [-0.2, -0.15) is 0 Å². The molecule has 1 aromatic heterocycles. The Morgan fingerprint density at radius 1 is 1.24 bits per heavy atom. The highest BCUT2D eigenvalue weighted by molar-refractivity contribution is 5.64. The lowest BCUT2D eigenvalue weighted by Crippen LogP contribution is -1.96. The van der Waals surface area contributed by atoms with Crippen molar-refractivity contribution in [3.05, 3.63) is 42.2 Å². The first-order chi connectivity index (χ1) is 8.29. The topological polar surface area (TPSA) is 62.3 Å². The fourth-order valence-electron chi connectivity index (χ4n) is 1.62. The quantitative estimate of drug-likeness (QED) is 0.612. The molecule has 0 saturated heterocycles. The second kappa shape index (κ2) is 5.21. The number of aromatic amines is 1. The fraction of sp³-hybridized carbons (Fsp3) is 0.154. The molecule has 0 radical (unpaired) electrons. The van der Waals surface area contributed by atoms with Crippen LogP contribution in [0.25, 0.3) is 11.1 Å². The highest BCUT2D eigenvalue weighted by Crippen LogP contribution is 2.22. The van der Waals surface area contributed by atoms with Crippen LogP contribution in [0.15, 0.2) is 36.5 Å². The van der Waals surface area contributed by atoms with Gasteiger partial charge in [0.25, 0.3) is 6.47 Å². The standard InChI is InChI=1S/C13H13NO3/c15-9-17-6-5-12-7-11(8-14-12)10-1-3-13(16)4-2-10/h1-4,7-9,14,16H,5-6H2. The molecule has 17 heavy (non-hydrogen) atoms. The highest BCUT2D eigenvalue weighted by atomic mass is 16.5. The molecule has 2 aromatic rings. The number of phenolic OH excluding ortho intramolecular Hbond substituents is 1. The number of phenols is 1. The van der Waals surface area contributed by atoms with E-state index in [1.54, 1.807) is 12.1 Å². The van der Waals surface area contributed by atoms with Gasteiger partial charge in [-0.1, -0.05) is 12.1 Å². The summed E-state index contributed by atoms with van der Waals surface area (Å²) in [5.74, 6) is 0.254. The number of benzene rings is 1. The van der Waals surface area contributed by atoms with Crippen LogP contribution in [0.4, 0.5) is 0 Å². The lowest BCUT2D eigenvalue weighted by molar-refractivity contribution is -0.128. The van der Waals surface area contributed by atoms with Crippen LogP contribution in [0.1, 0.15) is 5.69 Å². The largest absolute Gasteiger partial charge is 0.508 e. The molecule has 2 rings (SSSR count). The van der Waals surface area contributed by atoms with E-state index in [1.165, 1.54) is 0 Å². The highest BCUT2D eigenvalue weighted by Gasteiger charge is 2.02. The maximum atomic E-state index is 10.00. The van der Waals surface area contributed by atoms with Crippen molar-refractivity contribution in [1.82, 2.24) is 4.98 Å². The number of H-pyrrole nitrogens is 1. The van der Waals surface area contributed by atoms with Crippen LogP contribution in [0, 0.1) is 0 Å². The molecule has 0 atom stereocenters. The third-order valence-corrected chi connectivity index (χ3v) is 2.50. The summed E-state index contributed by atoms with van der Waals surface area (Å²) in [4.78, 5) is 13.1.